The fourth-order valence-corrected chi connectivity index (χ4v) is 1.35. The summed E-state index contributed by atoms with van der Waals surface area (Å²) in [4.78, 5) is 12.7. The number of carbonyl (C=O) groups is 1. The SMILES string of the molecule is CC(N)C(C)C(=O)NCCCN(C)CC(F)(F)F. The molecule has 0 spiro atoms. The Hall–Kier alpha value is -0.820. The van der Waals surface area contributed by atoms with Gasteiger partial charge in [0, 0.05) is 18.5 Å². The zero-order valence-electron chi connectivity index (χ0n) is 11.0. The normalized spacial score (nSPS) is 15.6. The van der Waals surface area contributed by atoms with E-state index < -0.39 is 12.7 Å². The monoisotopic (exact) mass is 269 g/mol. The van der Waals surface area contributed by atoms with Crippen molar-refractivity contribution < 1.29 is 18.0 Å². The van der Waals surface area contributed by atoms with E-state index in [0.717, 1.165) is 0 Å². The molecule has 0 radical (unpaired) electrons. The predicted molar refractivity (Wildman–Crippen MR) is 64.0 cm³/mol. The van der Waals surface area contributed by atoms with Crippen LogP contribution in [0.1, 0.15) is 20.3 Å². The molecular weight excluding hydrogens is 247 g/mol. The lowest BCUT2D eigenvalue weighted by Crippen LogP contribution is -2.39. The highest BCUT2D eigenvalue weighted by Crippen LogP contribution is 2.15. The fourth-order valence-electron chi connectivity index (χ4n) is 1.35. The van der Waals surface area contributed by atoms with Gasteiger partial charge in [-0.2, -0.15) is 13.2 Å². The summed E-state index contributed by atoms with van der Waals surface area (Å²) in [6, 6.07) is -0.238. The summed E-state index contributed by atoms with van der Waals surface area (Å²) in [7, 11) is 1.40. The van der Waals surface area contributed by atoms with Crippen molar-refractivity contribution >= 4 is 5.91 Å². The van der Waals surface area contributed by atoms with Crippen molar-refractivity contribution in [1.82, 2.24) is 10.2 Å². The second kappa shape index (κ2) is 7.58. The van der Waals surface area contributed by atoms with Crippen molar-refractivity contribution in [2.24, 2.45) is 11.7 Å². The van der Waals surface area contributed by atoms with Gasteiger partial charge in [0.05, 0.1) is 6.54 Å². The number of carbonyl (C=O) groups excluding carboxylic acids is 1. The average molecular weight is 269 g/mol. The molecule has 0 bridgehead atoms. The zero-order valence-corrected chi connectivity index (χ0v) is 11.0. The van der Waals surface area contributed by atoms with E-state index in [1.54, 1.807) is 13.8 Å². The molecule has 2 unspecified atom stereocenters. The van der Waals surface area contributed by atoms with Gasteiger partial charge in [-0.1, -0.05) is 6.92 Å². The van der Waals surface area contributed by atoms with Gasteiger partial charge >= 0.3 is 6.18 Å². The van der Waals surface area contributed by atoms with E-state index in [1.807, 2.05) is 0 Å². The standard InChI is InChI=1S/C11H22F3N3O/c1-8(9(2)15)10(18)16-5-4-6-17(3)7-11(12,13)14/h8-9H,4-7,15H2,1-3H3,(H,16,18). The molecule has 0 aromatic carbocycles. The summed E-state index contributed by atoms with van der Waals surface area (Å²) >= 11 is 0. The highest BCUT2D eigenvalue weighted by molar-refractivity contribution is 5.78. The van der Waals surface area contributed by atoms with Crippen molar-refractivity contribution in [3.05, 3.63) is 0 Å². The molecule has 0 aromatic rings. The number of nitrogens with zero attached hydrogens (tertiary/aromatic N) is 1. The van der Waals surface area contributed by atoms with Crippen LogP contribution in [0.5, 0.6) is 0 Å². The number of rotatable bonds is 7. The molecule has 2 atom stereocenters. The lowest BCUT2D eigenvalue weighted by molar-refractivity contribution is -0.143. The minimum atomic E-state index is -4.18. The molecule has 0 aliphatic rings. The Morgan fingerprint density at radius 1 is 1.39 bits per heavy atom. The fraction of sp³-hybridized carbons (Fsp3) is 0.909. The topological polar surface area (TPSA) is 58.4 Å². The van der Waals surface area contributed by atoms with Gasteiger partial charge in [-0.05, 0) is 26.9 Å². The van der Waals surface area contributed by atoms with E-state index in [9.17, 15) is 18.0 Å². The number of alkyl halides is 3. The Morgan fingerprint density at radius 3 is 2.39 bits per heavy atom. The van der Waals surface area contributed by atoms with E-state index in [1.165, 1.54) is 11.9 Å². The van der Waals surface area contributed by atoms with Gasteiger partial charge in [-0.3, -0.25) is 9.69 Å². The molecule has 0 fully saturated rings. The number of amides is 1. The molecule has 4 nitrogen and oxygen atoms in total. The molecule has 108 valence electrons. The lowest BCUT2D eigenvalue weighted by atomic mass is 10.0. The molecule has 0 rings (SSSR count). The Bertz CT molecular complexity index is 256. The lowest BCUT2D eigenvalue weighted by Gasteiger charge is -2.19. The van der Waals surface area contributed by atoms with Crippen LogP contribution in [0, 0.1) is 5.92 Å². The van der Waals surface area contributed by atoms with Crippen LogP contribution in [-0.4, -0.2) is 49.7 Å². The Morgan fingerprint density at radius 2 is 1.94 bits per heavy atom. The molecular formula is C11H22F3N3O. The summed E-state index contributed by atoms with van der Waals surface area (Å²) in [6.07, 6.45) is -3.70. The van der Waals surface area contributed by atoms with Crippen LogP contribution >= 0.6 is 0 Å². The molecule has 1 amide bonds. The molecule has 0 saturated heterocycles. The smallest absolute Gasteiger partial charge is 0.356 e. The van der Waals surface area contributed by atoms with Crippen LogP contribution in [0.25, 0.3) is 0 Å². The van der Waals surface area contributed by atoms with Gasteiger partial charge in [0.1, 0.15) is 0 Å². The molecule has 0 heterocycles. The molecule has 0 aliphatic carbocycles. The number of nitrogens with two attached hydrogens (primary N) is 1. The second-order valence-corrected chi connectivity index (χ2v) is 4.65. The number of halogens is 3. The van der Waals surface area contributed by atoms with E-state index >= 15 is 0 Å². The Labute approximate surface area is 106 Å². The minimum Gasteiger partial charge on any atom is -0.356 e. The van der Waals surface area contributed by atoms with Crippen molar-refractivity contribution in [2.45, 2.75) is 32.5 Å². The van der Waals surface area contributed by atoms with Gasteiger partial charge in [0.15, 0.2) is 0 Å². The quantitative estimate of drug-likeness (QED) is 0.677. The Kier molecular flexibility index (Phi) is 7.23. The third-order valence-corrected chi connectivity index (χ3v) is 2.67. The van der Waals surface area contributed by atoms with Crippen LogP contribution < -0.4 is 11.1 Å². The summed E-state index contributed by atoms with van der Waals surface area (Å²) < 4.78 is 36.0. The first-order chi connectivity index (χ1) is 8.13. The van der Waals surface area contributed by atoms with Crippen LogP contribution in [0.4, 0.5) is 13.2 Å². The van der Waals surface area contributed by atoms with Crippen molar-refractivity contribution in [1.29, 1.82) is 0 Å². The van der Waals surface area contributed by atoms with Gasteiger partial charge in [-0.15, -0.1) is 0 Å². The summed E-state index contributed by atoms with van der Waals surface area (Å²) in [5.41, 5.74) is 5.56. The van der Waals surface area contributed by atoms with Crippen molar-refractivity contribution in [3.8, 4) is 0 Å². The average Bonchev–Trinajstić information content (AvgIpc) is 2.20. The second-order valence-electron chi connectivity index (χ2n) is 4.65. The largest absolute Gasteiger partial charge is 0.401 e. The van der Waals surface area contributed by atoms with Crippen molar-refractivity contribution in [2.75, 3.05) is 26.7 Å². The van der Waals surface area contributed by atoms with E-state index in [-0.39, 0.29) is 24.4 Å². The molecule has 0 aromatic heterocycles. The maximum absolute atomic E-state index is 12.0. The first kappa shape index (κ1) is 17.2. The zero-order chi connectivity index (χ0) is 14.3. The van der Waals surface area contributed by atoms with Crippen LogP contribution in [-0.2, 0) is 4.79 Å². The first-order valence-corrected chi connectivity index (χ1v) is 5.92. The highest BCUT2D eigenvalue weighted by Gasteiger charge is 2.28. The van der Waals surface area contributed by atoms with Gasteiger partial charge < -0.3 is 11.1 Å². The Balaban J connectivity index is 3.71. The maximum atomic E-state index is 12.0. The number of hydrogen-bond donors (Lipinski definition) is 2. The van der Waals surface area contributed by atoms with Crippen LogP contribution in [0.15, 0.2) is 0 Å². The summed E-state index contributed by atoms with van der Waals surface area (Å²) in [6.45, 7) is 3.17. The maximum Gasteiger partial charge on any atom is 0.401 e. The van der Waals surface area contributed by atoms with E-state index in [2.05, 4.69) is 5.32 Å². The molecule has 7 heteroatoms. The predicted octanol–water partition coefficient (Wildman–Crippen LogP) is 0.970. The molecule has 0 aliphatic heterocycles. The third kappa shape index (κ3) is 8.30. The third-order valence-electron chi connectivity index (χ3n) is 2.67. The minimum absolute atomic E-state index is 0.163. The van der Waals surface area contributed by atoms with E-state index in [4.69, 9.17) is 5.73 Å². The molecule has 0 saturated carbocycles. The molecule has 18 heavy (non-hydrogen) atoms. The number of nitrogens with one attached hydrogen (secondary N) is 1. The first-order valence-electron chi connectivity index (χ1n) is 5.92. The van der Waals surface area contributed by atoms with Crippen molar-refractivity contribution in [3.63, 3.8) is 0 Å². The summed E-state index contributed by atoms with van der Waals surface area (Å²) in [5, 5.41) is 2.66. The van der Waals surface area contributed by atoms with Gasteiger partial charge in [0.2, 0.25) is 5.91 Å². The van der Waals surface area contributed by atoms with Gasteiger partial charge in [-0.25, -0.2) is 0 Å². The van der Waals surface area contributed by atoms with Gasteiger partial charge in [0.25, 0.3) is 0 Å². The van der Waals surface area contributed by atoms with Crippen LogP contribution in [0.3, 0.4) is 0 Å². The summed E-state index contributed by atoms with van der Waals surface area (Å²) in [5.74, 6) is -0.457. The van der Waals surface area contributed by atoms with Crippen LogP contribution in [0.2, 0.25) is 0 Å². The number of hydrogen-bond acceptors (Lipinski definition) is 3. The molecule has 3 N–H and O–H groups in total. The van der Waals surface area contributed by atoms with E-state index in [0.29, 0.717) is 13.0 Å². The highest BCUT2D eigenvalue weighted by atomic mass is 19.4.